The van der Waals surface area contributed by atoms with Gasteiger partial charge in [0.1, 0.15) is 6.54 Å². The van der Waals surface area contributed by atoms with E-state index < -0.39 is 29.8 Å². The van der Waals surface area contributed by atoms with Gasteiger partial charge in [0.05, 0.1) is 15.7 Å². The SMILES string of the molecule is Cc1cccc(C)c1N1C(=O)[C@H]2N=NN(CC(=O)Nc3ccc(Cl)c(Cl)c3)[C@@H]2C1=O. The quantitative estimate of drug-likeness (QED) is 0.727. The van der Waals surface area contributed by atoms with Crippen molar-refractivity contribution in [1.82, 2.24) is 5.01 Å². The van der Waals surface area contributed by atoms with Gasteiger partial charge < -0.3 is 5.32 Å². The van der Waals surface area contributed by atoms with Crippen LogP contribution in [0, 0.1) is 13.8 Å². The molecule has 0 radical (unpaired) electrons. The number of benzene rings is 2. The van der Waals surface area contributed by atoms with Crippen LogP contribution in [-0.4, -0.2) is 41.4 Å². The van der Waals surface area contributed by atoms with Crippen molar-refractivity contribution in [3.63, 3.8) is 0 Å². The van der Waals surface area contributed by atoms with Crippen LogP contribution in [0.3, 0.4) is 0 Å². The molecule has 30 heavy (non-hydrogen) atoms. The Morgan fingerprint density at radius 1 is 1.07 bits per heavy atom. The largest absolute Gasteiger partial charge is 0.324 e. The average Bonchev–Trinajstić information content (AvgIpc) is 3.20. The minimum atomic E-state index is -0.964. The number of halogens is 2. The zero-order valence-corrected chi connectivity index (χ0v) is 17.6. The van der Waals surface area contributed by atoms with E-state index >= 15 is 0 Å². The van der Waals surface area contributed by atoms with Crippen LogP contribution < -0.4 is 10.2 Å². The van der Waals surface area contributed by atoms with Gasteiger partial charge in [0.25, 0.3) is 11.8 Å². The predicted molar refractivity (Wildman–Crippen MR) is 113 cm³/mol. The predicted octanol–water partition coefficient (Wildman–Crippen LogP) is 3.54. The molecule has 2 aliphatic rings. The summed E-state index contributed by atoms with van der Waals surface area (Å²) in [6, 6.07) is 8.30. The first-order chi connectivity index (χ1) is 14.3. The van der Waals surface area contributed by atoms with E-state index in [1.54, 1.807) is 12.1 Å². The van der Waals surface area contributed by atoms with Gasteiger partial charge in [-0.3, -0.25) is 19.4 Å². The number of carbonyl (C=O) groups excluding carboxylic acids is 3. The minimum absolute atomic E-state index is 0.246. The number of amides is 3. The molecule has 2 aromatic carbocycles. The molecule has 1 fully saturated rings. The van der Waals surface area contributed by atoms with Crippen LogP contribution >= 0.6 is 23.2 Å². The molecule has 3 amide bonds. The highest BCUT2D eigenvalue weighted by Crippen LogP contribution is 2.35. The first-order valence-electron chi connectivity index (χ1n) is 9.14. The topological polar surface area (TPSA) is 94.4 Å². The summed E-state index contributed by atoms with van der Waals surface area (Å²) < 4.78 is 0. The van der Waals surface area contributed by atoms with Crippen molar-refractivity contribution in [1.29, 1.82) is 0 Å². The Hall–Kier alpha value is -2.97. The number of fused-ring (bicyclic) bond motifs is 1. The third-order valence-electron chi connectivity index (χ3n) is 5.03. The van der Waals surface area contributed by atoms with Gasteiger partial charge in [-0.1, -0.05) is 46.6 Å². The second-order valence-corrected chi connectivity index (χ2v) is 7.94. The fourth-order valence-corrected chi connectivity index (χ4v) is 3.95. The maximum absolute atomic E-state index is 13.1. The molecule has 8 nitrogen and oxygen atoms in total. The summed E-state index contributed by atoms with van der Waals surface area (Å²) in [5, 5.41) is 12.4. The summed E-state index contributed by atoms with van der Waals surface area (Å²) >= 11 is 11.8. The molecule has 0 aliphatic carbocycles. The normalized spacial score (nSPS) is 20.1. The number of nitrogens with one attached hydrogen (secondary N) is 1. The molecule has 4 rings (SSSR count). The molecule has 0 saturated carbocycles. The zero-order chi connectivity index (χ0) is 21.6. The molecule has 1 saturated heterocycles. The van der Waals surface area contributed by atoms with Gasteiger partial charge in [-0.25, -0.2) is 4.90 Å². The van der Waals surface area contributed by atoms with Crippen molar-refractivity contribution in [2.45, 2.75) is 25.9 Å². The minimum Gasteiger partial charge on any atom is -0.324 e. The first-order valence-corrected chi connectivity index (χ1v) is 9.90. The molecule has 2 atom stereocenters. The smallest absolute Gasteiger partial charge is 0.263 e. The summed E-state index contributed by atoms with van der Waals surface area (Å²) in [6.07, 6.45) is 0. The number of hydrogen-bond acceptors (Lipinski definition) is 6. The van der Waals surface area contributed by atoms with Crippen LogP contribution in [0.25, 0.3) is 0 Å². The van der Waals surface area contributed by atoms with E-state index in [4.69, 9.17) is 23.2 Å². The Morgan fingerprint density at radius 2 is 1.77 bits per heavy atom. The van der Waals surface area contributed by atoms with Gasteiger partial charge in [-0.2, -0.15) is 5.11 Å². The Balaban J connectivity index is 1.52. The summed E-state index contributed by atoms with van der Waals surface area (Å²) in [5.41, 5.74) is 2.61. The van der Waals surface area contributed by atoms with Crippen LogP contribution in [0.1, 0.15) is 11.1 Å². The monoisotopic (exact) mass is 445 g/mol. The summed E-state index contributed by atoms with van der Waals surface area (Å²) in [4.78, 5) is 39.6. The van der Waals surface area contributed by atoms with Crippen molar-refractivity contribution >= 4 is 52.3 Å². The van der Waals surface area contributed by atoms with Crippen molar-refractivity contribution < 1.29 is 14.4 Å². The highest BCUT2D eigenvalue weighted by molar-refractivity contribution is 6.42. The number of rotatable bonds is 4. The van der Waals surface area contributed by atoms with Gasteiger partial charge in [-0.15, -0.1) is 0 Å². The number of carbonyl (C=O) groups is 3. The molecule has 154 valence electrons. The van der Waals surface area contributed by atoms with E-state index in [1.165, 1.54) is 11.1 Å². The lowest BCUT2D eigenvalue weighted by Crippen LogP contribution is -2.43. The molecule has 2 aromatic rings. The number of nitrogens with zero attached hydrogens (tertiary/aromatic N) is 4. The molecule has 0 aromatic heterocycles. The lowest BCUT2D eigenvalue weighted by atomic mass is 10.1. The molecule has 0 spiro atoms. The third-order valence-corrected chi connectivity index (χ3v) is 5.77. The van der Waals surface area contributed by atoms with E-state index in [0.29, 0.717) is 21.4 Å². The first kappa shape index (κ1) is 20.3. The van der Waals surface area contributed by atoms with E-state index in [9.17, 15) is 14.4 Å². The summed E-state index contributed by atoms with van der Waals surface area (Å²) in [6.45, 7) is 3.42. The van der Waals surface area contributed by atoms with Crippen LogP contribution in [-0.2, 0) is 14.4 Å². The van der Waals surface area contributed by atoms with Crippen molar-refractivity contribution in [2.24, 2.45) is 10.3 Å². The zero-order valence-electron chi connectivity index (χ0n) is 16.1. The van der Waals surface area contributed by atoms with Gasteiger partial charge in [0.2, 0.25) is 5.91 Å². The molecule has 0 unspecified atom stereocenters. The second kappa shape index (κ2) is 7.70. The Kier molecular flexibility index (Phi) is 5.21. The molecule has 10 heteroatoms. The van der Waals surface area contributed by atoms with Crippen LogP contribution in [0.2, 0.25) is 10.0 Å². The lowest BCUT2D eigenvalue weighted by molar-refractivity contribution is -0.123. The third kappa shape index (κ3) is 3.42. The molecular weight excluding hydrogens is 429 g/mol. The van der Waals surface area contributed by atoms with Crippen LogP contribution in [0.15, 0.2) is 46.7 Å². The number of aryl methyl sites for hydroxylation is 2. The standard InChI is InChI=1S/C20H17Cl2N5O3/c1-10-4-3-5-11(2)17(10)27-19(29)16-18(20(27)30)26(25-24-16)9-15(28)23-12-6-7-13(21)14(22)8-12/h3-8,16,18H,9H2,1-2H3,(H,23,28)/t16-,18-/m0/s1. The molecule has 1 N–H and O–H groups in total. The van der Waals surface area contributed by atoms with E-state index in [2.05, 4.69) is 15.7 Å². The van der Waals surface area contributed by atoms with Gasteiger partial charge in [0, 0.05) is 5.69 Å². The van der Waals surface area contributed by atoms with E-state index in [-0.39, 0.29) is 6.54 Å². The second-order valence-electron chi connectivity index (χ2n) is 7.12. The molecule has 2 aliphatic heterocycles. The van der Waals surface area contributed by atoms with Crippen molar-refractivity contribution in [3.05, 3.63) is 57.6 Å². The van der Waals surface area contributed by atoms with Crippen molar-refractivity contribution in [2.75, 3.05) is 16.8 Å². The Bertz CT molecular complexity index is 1080. The molecule has 2 heterocycles. The maximum Gasteiger partial charge on any atom is 0.263 e. The fraction of sp³-hybridized carbons (Fsp3) is 0.250. The van der Waals surface area contributed by atoms with Gasteiger partial charge >= 0.3 is 0 Å². The van der Waals surface area contributed by atoms with Crippen LogP contribution in [0.5, 0.6) is 0 Å². The number of imide groups is 1. The maximum atomic E-state index is 13.1. The highest BCUT2D eigenvalue weighted by atomic mass is 35.5. The fourth-order valence-electron chi connectivity index (χ4n) is 3.65. The van der Waals surface area contributed by atoms with E-state index in [0.717, 1.165) is 16.0 Å². The summed E-state index contributed by atoms with van der Waals surface area (Å²) in [5.74, 6) is -1.33. The highest BCUT2D eigenvalue weighted by Gasteiger charge is 2.55. The van der Waals surface area contributed by atoms with Gasteiger partial charge in [-0.05, 0) is 43.2 Å². The summed E-state index contributed by atoms with van der Waals surface area (Å²) in [7, 11) is 0. The average molecular weight is 446 g/mol. The van der Waals surface area contributed by atoms with E-state index in [1.807, 2.05) is 32.0 Å². The Labute approximate surface area is 182 Å². The molecular formula is C20H17Cl2N5O3. The number of para-hydroxylation sites is 1. The lowest BCUT2D eigenvalue weighted by Gasteiger charge is -2.22. The van der Waals surface area contributed by atoms with Crippen molar-refractivity contribution in [3.8, 4) is 0 Å². The Morgan fingerprint density at radius 3 is 2.43 bits per heavy atom. The van der Waals surface area contributed by atoms with Crippen LogP contribution in [0.4, 0.5) is 11.4 Å². The van der Waals surface area contributed by atoms with Gasteiger partial charge in [0.15, 0.2) is 12.1 Å². The number of hydrogen-bond donors (Lipinski definition) is 1. The number of anilines is 2. The molecule has 0 bridgehead atoms.